The lowest BCUT2D eigenvalue weighted by atomic mass is 9.96. The van der Waals surface area contributed by atoms with Gasteiger partial charge in [-0.3, -0.25) is 4.79 Å². The summed E-state index contributed by atoms with van der Waals surface area (Å²) in [6, 6.07) is 7.12. The summed E-state index contributed by atoms with van der Waals surface area (Å²) >= 11 is 5.97. The Balaban J connectivity index is 2.24. The molecule has 2 nitrogen and oxygen atoms in total. The molecular formula is C12H13ClO2. The summed E-state index contributed by atoms with van der Waals surface area (Å²) in [6.07, 6.45) is 0.630. The van der Waals surface area contributed by atoms with Crippen molar-refractivity contribution in [1.82, 2.24) is 0 Å². The van der Waals surface area contributed by atoms with Crippen molar-refractivity contribution in [2.75, 3.05) is 6.61 Å². The van der Waals surface area contributed by atoms with E-state index in [9.17, 15) is 4.79 Å². The van der Waals surface area contributed by atoms with Gasteiger partial charge in [0.05, 0.1) is 5.02 Å². The zero-order chi connectivity index (χ0) is 10.8. The fourth-order valence-corrected chi connectivity index (χ4v) is 2.07. The fraction of sp³-hybridized carbons (Fsp3) is 0.417. The Morgan fingerprint density at radius 3 is 2.80 bits per heavy atom. The van der Waals surface area contributed by atoms with Gasteiger partial charge >= 0.3 is 0 Å². The van der Waals surface area contributed by atoms with Crippen molar-refractivity contribution in [3.63, 3.8) is 0 Å². The number of carbonyl (C=O) groups is 1. The number of Topliss-reactive ketones (excluding diaryl/α,β-unsaturated/α-hetero) is 1. The molecule has 1 saturated heterocycles. The van der Waals surface area contributed by atoms with Crippen molar-refractivity contribution in [2.24, 2.45) is 5.92 Å². The number of benzene rings is 1. The van der Waals surface area contributed by atoms with E-state index in [2.05, 4.69) is 0 Å². The standard InChI is InChI=1S/C12H13ClO2/c1-8-6-7-15-12(8)11(14)9-4-2-3-5-10(9)13/h2-5,8,12H,6-7H2,1H3. The van der Waals surface area contributed by atoms with Gasteiger partial charge in [-0.05, 0) is 24.5 Å². The zero-order valence-corrected chi connectivity index (χ0v) is 9.33. The van der Waals surface area contributed by atoms with Gasteiger partial charge in [0.15, 0.2) is 5.78 Å². The van der Waals surface area contributed by atoms with E-state index >= 15 is 0 Å². The van der Waals surface area contributed by atoms with Crippen LogP contribution in [0.1, 0.15) is 23.7 Å². The lowest BCUT2D eigenvalue weighted by molar-refractivity contribution is 0.0579. The van der Waals surface area contributed by atoms with Gasteiger partial charge in [-0.1, -0.05) is 30.7 Å². The number of halogens is 1. The van der Waals surface area contributed by atoms with Gasteiger partial charge in [0.2, 0.25) is 0 Å². The summed E-state index contributed by atoms with van der Waals surface area (Å²) in [5.41, 5.74) is 0.568. The maximum absolute atomic E-state index is 12.1. The Morgan fingerprint density at radius 2 is 2.20 bits per heavy atom. The lowest BCUT2D eigenvalue weighted by Gasteiger charge is -2.13. The van der Waals surface area contributed by atoms with Crippen LogP contribution >= 0.6 is 11.6 Å². The first-order chi connectivity index (χ1) is 7.20. The third kappa shape index (κ3) is 2.06. The summed E-state index contributed by atoms with van der Waals surface area (Å²) < 4.78 is 5.43. The highest BCUT2D eigenvalue weighted by molar-refractivity contribution is 6.34. The number of carbonyl (C=O) groups excluding carboxylic acids is 1. The van der Waals surface area contributed by atoms with Crippen LogP contribution in [0.2, 0.25) is 5.02 Å². The molecule has 2 rings (SSSR count). The molecule has 1 heterocycles. The van der Waals surface area contributed by atoms with E-state index in [1.807, 2.05) is 19.1 Å². The van der Waals surface area contributed by atoms with E-state index < -0.39 is 0 Å². The number of hydrogen-bond acceptors (Lipinski definition) is 2. The Bertz CT molecular complexity index is 376. The molecule has 0 aromatic heterocycles. The molecule has 1 aromatic carbocycles. The highest BCUT2D eigenvalue weighted by Crippen LogP contribution is 2.26. The van der Waals surface area contributed by atoms with Crippen LogP contribution in [0.3, 0.4) is 0 Å². The van der Waals surface area contributed by atoms with Gasteiger partial charge in [0.1, 0.15) is 6.10 Å². The third-order valence-electron chi connectivity index (χ3n) is 2.79. The van der Waals surface area contributed by atoms with E-state index in [1.54, 1.807) is 12.1 Å². The van der Waals surface area contributed by atoms with Gasteiger partial charge in [0.25, 0.3) is 0 Å². The molecule has 0 amide bonds. The number of ether oxygens (including phenoxy) is 1. The van der Waals surface area contributed by atoms with E-state index in [1.165, 1.54) is 0 Å². The van der Waals surface area contributed by atoms with Crippen molar-refractivity contribution >= 4 is 17.4 Å². The first-order valence-corrected chi connectivity index (χ1v) is 5.48. The Hall–Kier alpha value is -0.860. The maximum Gasteiger partial charge on any atom is 0.193 e. The molecule has 1 aliphatic heterocycles. The topological polar surface area (TPSA) is 26.3 Å². The molecule has 80 valence electrons. The van der Waals surface area contributed by atoms with Crippen LogP contribution in [-0.4, -0.2) is 18.5 Å². The highest BCUT2D eigenvalue weighted by Gasteiger charge is 2.32. The van der Waals surface area contributed by atoms with Gasteiger partial charge in [0, 0.05) is 12.2 Å². The molecule has 0 spiro atoms. The van der Waals surface area contributed by atoms with Crippen LogP contribution in [0.4, 0.5) is 0 Å². The van der Waals surface area contributed by atoms with Gasteiger partial charge in [-0.25, -0.2) is 0 Å². The summed E-state index contributed by atoms with van der Waals surface area (Å²) in [5.74, 6) is 0.291. The summed E-state index contributed by atoms with van der Waals surface area (Å²) in [4.78, 5) is 12.1. The molecule has 1 fully saturated rings. The van der Waals surface area contributed by atoms with Crippen LogP contribution in [0.5, 0.6) is 0 Å². The van der Waals surface area contributed by atoms with Crippen LogP contribution in [0.15, 0.2) is 24.3 Å². The maximum atomic E-state index is 12.1. The summed E-state index contributed by atoms with van der Waals surface area (Å²) in [7, 11) is 0. The molecule has 1 aliphatic rings. The second-order valence-electron chi connectivity index (χ2n) is 3.90. The predicted octanol–water partition coefficient (Wildman–Crippen LogP) is 2.95. The fourth-order valence-electron chi connectivity index (χ4n) is 1.84. The van der Waals surface area contributed by atoms with Crippen molar-refractivity contribution in [1.29, 1.82) is 0 Å². The molecule has 2 unspecified atom stereocenters. The van der Waals surface area contributed by atoms with Gasteiger partial charge < -0.3 is 4.74 Å². The van der Waals surface area contributed by atoms with E-state index in [0.717, 1.165) is 6.42 Å². The molecule has 2 atom stereocenters. The number of hydrogen-bond donors (Lipinski definition) is 0. The quantitative estimate of drug-likeness (QED) is 0.722. The largest absolute Gasteiger partial charge is 0.370 e. The van der Waals surface area contributed by atoms with Crippen molar-refractivity contribution in [3.8, 4) is 0 Å². The smallest absolute Gasteiger partial charge is 0.193 e. The Kier molecular flexibility index (Phi) is 3.08. The van der Waals surface area contributed by atoms with Crippen LogP contribution in [-0.2, 0) is 4.74 Å². The van der Waals surface area contributed by atoms with Crippen LogP contribution in [0, 0.1) is 5.92 Å². The highest BCUT2D eigenvalue weighted by atomic mass is 35.5. The molecule has 0 bridgehead atoms. The Morgan fingerprint density at radius 1 is 1.47 bits per heavy atom. The predicted molar refractivity (Wildman–Crippen MR) is 59.3 cm³/mol. The van der Waals surface area contributed by atoms with Crippen LogP contribution in [0.25, 0.3) is 0 Å². The monoisotopic (exact) mass is 224 g/mol. The minimum atomic E-state index is -0.315. The molecule has 0 aliphatic carbocycles. The molecule has 1 aromatic rings. The average molecular weight is 225 g/mol. The van der Waals surface area contributed by atoms with Gasteiger partial charge in [-0.15, -0.1) is 0 Å². The van der Waals surface area contributed by atoms with Crippen LogP contribution < -0.4 is 0 Å². The SMILES string of the molecule is CC1CCOC1C(=O)c1ccccc1Cl. The van der Waals surface area contributed by atoms with Crippen molar-refractivity contribution in [2.45, 2.75) is 19.4 Å². The third-order valence-corrected chi connectivity index (χ3v) is 3.11. The van der Waals surface area contributed by atoms with Gasteiger partial charge in [-0.2, -0.15) is 0 Å². The molecule has 3 heteroatoms. The molecule has 0 radical (unpaired) electrons. The van der Waals surface area contributed by atoms with Crippen molar-refractivity contribution < 1.29 is 9.53 Å². The first kappa shape index (κ1) is 10.7. The van der Waals surface area contributed by atoms with E-state index in [-0.39, 0.29) is 17.8 Å². The molecular weight excluding hydrogens is 212 g/mol. The molecule has 15 heavy (non-hydrogen) atoms. The number of rotatable bonds is 2. The summed E-state index contributed by atoms with van der Waals surface area (Å²) in [5, 5.41) is 0.505. The minimum Gasteiger partial charge on any atom is -0.370 e. The normalized spacial score (nSPS) is 25.5. The van der Waals surface area contributed by atoms with E-state index in [4.69, 9.17) is 16.3 Å². The zero-order valence-electron chi connectivity index (χ0n) is 8.57. The van der Waals surface area contributed by atoms with Crippen molar-refractivity contribution in [3.05, 3.63) is 34.9 Å². The second-order valence-corrected chi connectivity index (χ2v) is 4.31. The molecule has 0 N–H and O–H groups in total. The first-order valence-electron chi connectivity index (χ1n) is 5.10. The Labute approximate surface area is 94.2 Å². The average Bonchev–Trinajstić information content (AvgIpc) is 2.64. The second kappa shape index (κ2) is 4.33. The number of ketones is 1. The summed E-state index contributed by atoms with van der Waals surface area (Å²) in [6.45, 7) is 2.70. The minimum absolute atomic E-state index is 0.00519. The lowest BCUT2D eigenvalue weighted by Crippen LogP contribution is -2.25. The van der Waals surface area contributed by atoms with E-state index in [0.29, 0.717) is 17.2 Å². The molecule has 0 saturated carbocycles.